The van der Waals surface area contributed by atoms with Crippen molar-refractivity contribution in [2.24, 2.45) is 5.92 Å². The zero-order valence-corrected chi connectivity index (χ0v) is 11.6. The van der Waals surface area contributed by atoms with Crippen LogP contribution in [0.2, 0.25) is 0 Å². The molecular weight excluding hydrogens is 212 g/mol. The molecule has 1 aliphatic rings. The van der Waals surface area contributed by atoms with Gasteiger partial charge in [0.2, 0.25) is 0 Å². The van der Waals surface area contributed by atoms with E-state index in [0.717, 1.165) is 32.1 Å². The fourth-order valence-electron chi connectivity index (χ4n) is 1.62. The predicted molar refractivity (Wildman–Crippen MR) is 73.9 cm³/mol. The van der Waals surface area contributed by atoms with Crippen molar-refractivity contribution >= 4 is 6.29 Å². The molecule has 0 aromatic carbocycles. The van der Waals surface area contributed by atoms with Gasteiger partial charge in [-0.1, -0.05) is 19.1 Å². The SMILES string of the molecule is C=C1CCC(C=O)C/C1=C/N(C)C.CCNC. The van der Waals surface area contributed by atoms with Crippen molar-refractivity contribution < 1.29 is 4.79 Å². The third kappa shape index (κ3) is 6.95. The smallest absolute Gasteiger partial charge is 0.123 e. The molecule has 0 saturated heterocycles. The minimum atomic E-state index is 0.205. The van der Waals surface area contributed by atoms with Gasteiger partial charge in [-0.25, -0.2) is 0 Å². The van der Waals surface area contributed by atoms with Gasteiger partial charge in [0.25, 0.3) is 0 Å². The lowest BCUT2D eigenvalue weighted by molar-refractivity contribution is -0.111. The zero-order valence-electron chi connectivity index (χ0n) is 11.6. The first-order chi connectivity index (χ1) is 8.04. The molecule has 17 heavy (non-hydrogen) atoms. The Kier molecular flexibility index (Phi) is 8.42. The highest BCUT2D eigenvalue weighted by atomic mass is 16.1. The molecule has 0 aliphatic heterocycles. The van der Waals surface area contributed by atoms with Crippen molar-refractivity contribution in [2.75, 3.05) is 27.7 Å². The van der Waals surface area contributed by atoms with Crippen molar-refractivity contribution in [3.05, 3.63) is 23.9 Å². The topological polar surface area (TPSA) is 32.3 Å². The minimum absolute atomic E-state index is 0.205. The molecule has 1 fully saturated rings. The first-order valence-corrected chi connectivity index (χ1v) is 6.20. The maximum atomic E-state index is 10.6. The average molecular weight is 238 g/mol. The lowest BCUT2D eigenvalue weighted by atomic mass is 9.84. The Balaban J connectivity index is 0.000000557. The summed E-state index contributed by atoms with van der Waals surface area (Å²) in [5, 5.41) is 2.93. The molecule has 1 atom stereocenters. The van der Waals surface area contributed by atoms with Crippen LogP contribution in [0.1, 0.15) is 26.2 Å². The number of rotatable bonds is 3. The Morgan fingerprint density at radius 3 is 2.53 bits per heavy atom. The molecule has 0 spiro atoms. The van der Waals surface area contributed by atoms with Crippen molar-refractivity contribution in [1.82, 2.24) is 10.2 Å². The summed E-state index contributed by atoms with van der Waals surface area (Å²) in [5.74, 6) is 0.205. The molecule has 1 unspecified atom stereocenters. The van der Waals surface area contributed by atoms with Gasteiger partial charge in [-0.05, 0) is 38.4 Å². The minimum Gasteiger partial charge on any atom is -0.383 e. The van der Waals surface area contributed by atoms with Gasteiger partial charge in [-0.3, -0.25) is 0 Å². The molecule has 0 heterocycles. The van der Waals surface area contributed by atoms with Crippen molar-refractivity contribution in [2.45, 2.75) is 26.2 Å². The summed E-state index contributed by atoms with van der Waals surface area (Å²) in [6.45, 7) is 7.15. The van der Waals surface area contributed by atoms with Gasteiger partial charge in [0.1, 0.15) is 6.29 Å². The summed E-state index contributed by atoms with van der Waals surface area (Å²) in [6.07, 6.45) is 5.92. The van der Waals surface area contributed by atoms with Crippen molar-refractivity contribution in [3.63, 3.8) is 0 Å². The first-order valence-electron chi connectivity index (χ1n) is 6.20. The highest BCUT2D eigenvalue weighted by Crippen LogP contribution is 2.30. The maximum Gasteiger partial charge on any atom is 0.123 e. The monoisotopic (exact) mass is 238 g/mol. The Hall–Kier alpha value is -1.09. The van der Waals surface area contributed by atoms with E-state index in [2.05, 4.69) is 25.0 Å². The standard InChI is InChI=1S/C11H17NO.C3H9N/c1-9-4-5-10(8-13)6-11(9)7-12(2)3;1-3-4-2/h7-8,10H,1,4-6H2,2-3H3;4H,3H2,1-2H3/b11-7-;. The Morgan fingerprint density at radius 2 is 2.12 bits per heavy atom. The van der Waals surface area contributed by atoms with Crippen LogP contribution < -0.4 is 5.32 Å². The van der Waals surface area contributed by atoms with Gasteiger partial charge in [0.05, 0.1) is 0 Å². The molecule has 0 radical (unpaired) electrons. The van der Waals surface area contributed by atoms with E-state index in [-0.39, 0.29) is 5.92 Å². The van der Waals surface area contributed by atoms with E-state index in [9.17, 15) is 4.79 Å². The van der Waals surface area contributed by atoms with Crippen LogP contribution >= 0.6 is 0 Å². The van der Waals surface area contributed by atoms with E-state index in [1.165, 1.54) is 11.1 Å². The number of allylic oxidation sites excluding steroid dienone is 2. The molecule has 0 bridgehead atoms. The molecular formula is C14H26N2O. The summed E-state index contributed by atoms with van der Waals surface area (Å²) < 4.78 is 0. The largest absolute Gasteiger partial charge is 0.383 e. The van der Waals surface area contributed by atoms with Crippen LogP contribution in [-0.2, 0) is 4.79 Å². The van der Waals surface area contributed by atoms with Crippen LogP contribution in [0.25, 0.3) is 0 Å². The molecule has 0 aromatic heterocycles. The first kappa shape index (κ1) is 15.9. The quantitative estimate of drug-likeness (QED) is 0.765. The van der Waals surface area contributed by atoms with E-state index in [4.69, 9.17) is 0 Å². The van der Waals surface area contributed by atoms with E-state index in [1.807, 2.05) is 26.0 Å². The number of hydrogen-bond donors (Lipinski definition) is 1. The predicted octanol–water partition coefficient (Wildman–Crippen LogP) is 2.21. The van der Waals surface area contributed by atoms with Crippen LogP contribution in [0.15, 0.2) is 23.9 Å². The van der Waals surface area contributed by atoms with Gasteiger partial charge in [-0.2, -0.15) is 0 Å². The number of aldehydes is 1. The van der Waals surface area contributed by atoms with Gasteiger partial charge in [-0.15, -0.1) is 0 Å². The van der Waals surface area contributed by atoms with E-state index >= 15 is 0 Å². The molecule has 98 valence electrons. The van der Waals surface area contributed by atoms with Crippen LogP contribution in [0.5, 0.6) is 0 Å². The van der Waals surface area contributed by atoms with Crippen molar-refractivity contribution in [1.29, 1.82) is 0 Å². The number of nitrogens with one attached hydrogen (secondary N) is 1. The summed E-state index contributed by atoms with van der Waals surface area (Å²) in [5.41, 5.74) is 2.42. The highest BCUT2D eigenvalue weighted by molar-refractivity contribution is 5.56. The van der Waals surface area contributed by atoms with Gasteiger partial charge < -0.3 is 15.0 Å². The Bertz CT molecular complexity index is 267. The molecule has 0 aromatic rings. The highest BCUT2D eigenvalue weighted by Gasteiger charge is 2.18. The van der Waals surface area contributed by atoms with E-state index < -0.39 is 0 Å². The second-order valence-electron chi connectivity index (χ2n) is 4.57. The Morgan fingerprint density at radius 1 is 1.53 bits per heavy atom. The molecule has 1 N–H and O–H groups in total. The molecule has 0 amide bonds. The average Bonchev–Trinajstić information content (AvgIpc) is 2.32. The lowest BCUT2D eigenvalue weighted by Crippen LogP contribution is -2.14. The number of nitrogens with zero attached hydrogens (tertiary/aromatic N) is 1. The molecule has 1 aliphatic carbocycles. The van der Waals surface area contributed by atoms with Crippen LogP contribution in [0, 0.1) is 5.92 Å². The normalized spacial score (nSPS) is 21.8. The van der Waals surface area contributed by atoms with E-state index in [1.54, 1.807) is 0 Å². The molecule has 3 nitrogen and oxygen atoms in total. The third-order valence-corrected chi connectivity index (χ3v) is 2.71. The third-order valence-electron chi connectivity index (χ3n) is 2.71. The second kappa shape index (κ2) is 8.99. The summed E-state index contributed by atoms with van der Waals surface area (Å²) in [6, 6.07) is 0. The number of carbonyl (C=O) groups excluding carboxylic acids is 1. The molecule has 3 heteroatoms. The molecule has 1 rings (SSSR count). The zero-order chi connectivity index (χ0) is 13.3. The van der Waals surface area contributed by atoms with Crippen LogP contribution in [-0.4, -0.2) is 38.9 Å². The second-order valence-corrected chi connectivity index (χ2v) is 4.57. The summed E-state index contributed by atoms with van der Waals surface area (Å²) >= 11 is 0. The fourth-order valence-corrected chi connectivity index (χ4v) is 1.62. The van der Waals surface area contributed by atoms with Gasteiger partial charge in [0, 0.05) is 26.2 Å². The van der Waals surface area contributed by atoms with E-state index in [0.29, 0.717) is 0 Å². The van der Waals surface area contributed by atoms with Gasteiger partial charge in [0.15, 0.2) is 0 Å². The fraction of sp³-hybridized carbons (Fsp3) is 0.643. The summed E-state index contributed by atoms with van der Waals surface area (Å²) in [4.78, 5) is 12.6. The summed E-state index contributed by atoms with van der Waals surface area (Å²) in [7, 11) is 5.91. The van der Waals surface area contributed by atoms with Crippen molar-refractivity contribution in [3.8, 4) is 0 Å². The van der Waals surface area contributed by atoms with Gasteiger partial charge >= 0.3 is 0 Å². The number of hydrogen-bond acceptors (Lipinski definition) is 3. The Labute approximate surface area is 106 Å². The molecule has 1 saturated carbocycles. The maximum absolute atomic E-state index is 10.6. The van der Waals surface area contributed by atoms with Crippen LogP contribution in [0.3, 0.4) is 0 Å². The van der Waals surface area contributed by atoms with Crippen LogP contribution in [0.4, 0.5) is 0 Å². The lowest BCUT2D eigenvalue weighted by Gasteiger charge is -2.23. The number of carbonyl (C=O) groups is 1.